The van der Waals surface area contributed by atoms with Crippen molar-refractivity contribution in [1.82, 2.24) is 14.9 Å². The van der Waals surface area contributed by atoms with Gasteiger partial charge in [0.15, 0.2) is 0 Å². The third-order valence-electron chi connectivity index (χ3n) is 3.48. The third kappa shape index (κ3) is 2.39. The van der Waals surface area contributed by atoms with Crippen LogP contribution in [0.15, 0.2) is 27.8 Å². The number of aromatic amines is 2. The standard InChI is InChI=1S/C13H16N4O2/c1-17-5-4-9(7-17)14-8-2-3-10-11(6-8)16-13(19)12(18)15-10/h2-3,6,9,14H,4-5,7H2,1H3,(H,15,18)(H,16,19). The van der Waals surface area contributed by atoms with E-state index >= 15 is 0 Å². The molecular weight excluding hydrogens is 244 g/mol. The molecule has 1 aromatic heterocycles. The maximum atomic E-state index is 11.3. The molecule has 3 N–H and O–H groups in total. The fraction of sp³-hybridized carbons (Fsp3) is 0.385. The molecule has 1 aliphatic rings. The van der Waals surface area contributed by atoms with Gasteiger partial charge in [-0.3, -0.25) is 9.59 Å². The number of hydrogen-bond acceptors (Lipinski definition) is 4. The first-order valence-electron chi connectivity index (χ1n) is 6.33. The zero-order chi connectivity index (χ0) is 13.4. The molecule has 19 heavy (non-hydrogen) atoms. The largest absolute Gasteiger partial charge is 0.381 e. The van der Waals surface area contributed by atoms with Gasteiger partial charge in [0.1, 0.15) is 0 Å². The van der Waals surface area contributed by atoms with Gasteiger partial charge in [0.05, 0.1) is 11.0 Å². The average Bonchev–Trinajstić information content (AvgIpc) is 2.77. The number of benzene rings is 1. The molecule has 0 aliphatic carbocycles. The monoisotopic (exact) mass is 260 g/mol. The summed E-state index contributed by atoms with van der Waals surface area (Å²) in [6, 6.07) is 5.99. The predicted molar refractivity (Wildman–Crippen MR) is 74.7 cm³/mol. The fourth-order valence-electron chi connectivity index (χ4n) is 2.49. The first kappa shape index (κ1) is 12.0. The summed E-state index contributed by atoms with van der Waals surface area (Å²) in [6.45, 7) is 2.11. The molecule has 0 radical (unpaired) electrons. The molecule has 1 atom stereocenters. The summed E-state index contributed by atoms with van der Waals surface area (Å²) in [4.78, 5) is 29.9. The number of nitrogens with one attached hydrogen (secondary N) is 3. The Morgan fingerprint density at radius 1 is 1.21 bits per heavy atom. The van der Waals surface area contributed by atoms with Crippen LogP contribution in [0.3, 0.4) is 0 Å². The van der Waals surface area contributed by atoms with E-state index in [4.69, 9.17) is 0 Å². The van der Waals surface area contributed by atoms with Crippen molar-refractivity contribution in [2.75, 3.05) is 25.5 Å². The number of hydrogen-bond donors (Lipinski definition) is 3. The second-order valence-electron chi connectivity index (χ2n) is 5.06. The van der Waals surface area contributed by atoms with Crippen molar-refractivity contribution in [3.8, 4) is 0 Å². The molecule has 0 saturated carbocycles. The highest BCUT2D eigenvalue weighted by Gasteiger charge is 2.18. The molecule has 6 nitrogen and oxygen atoms in total. The lowest BCUT2D eigenvalue weighted by Crippen LogP contribution is -2.29. The average molecular weight is 260 g/mol. The first-order valence-corrected chi connectivity index (χ1v) is 6.33. The molecule has 6 heteroatoms. The topological polar surface area (TPSA) is 81.0 Å². The van der Waals surface area contributed by atoms with E-state index in [1.807, 2.05) is 12.1 Å². The van der Waals surface area contributed by atoms with E-state index in [9.17, 15) is 9.59 Å². The normalized spacial score (nSPS) is 19.9. The number of aromatic nitrogens is 2. The van der Waals surface area contributed by atoms with Crippen molar-refractivity contribution >= 4 is 16.7 Å². The van der Waals surface area contributed by atoms with Crippen LogP contribution in [0.2, 0.25) is 0 Å². The van der Waals surface area contributed by atoms with Gasteiger partial charge in [-0.1, -0.05) is 0 Å². The van der Waals surface area contributed by atoms with Crippen LogP contribution in [0.25, 0.3) is 11.0 Å². The van der Waals surface area contributed by atoms with Crippen molar-refractivity contribution < 1.29 is 0 Å². The van der Waals surface area contributed by atoms with Gasteiger partial charge in [-0.2, -0.15) is 0 Å². The number of fused-ring (bicyclic) bond motifs is 1. The fourth-order valence-corrected chi connectivity index (χ4v) is 2.49. The van der Waals surface area contributed by atoms with Crippen LogP contribution in [0.1, 0.15) is 6.42 Å². The SMILES string of the molecule is CN1CCC(Nc2ccc3[nH]c(=O)c(=O)[nH]c3c2)C1. The molecule has 0 spiro atoms. The molecule has 1 unspecified atom stereocenters. The van der Waals surface area contributed by atoms with Crippen LogP contribution >= 0.6 is 0 Å². The molecule has 100 valence electrons. The Hall–Kier alpha value is -2.08. The molecular formula is C13H16N4O2. The Morgan fingerprint density at radius 3 is 2.63 bits per heavy atom. The van der Waals surface area contributed by atoms with E-state index in [1.54, 1.807) is 6.07 Å². The Labute approximate surface area is 109 Å². The first-order chi connectivity index (χ1) is 9.11. The Morgan fingerprint density at radius 2 is 1.95 bits per heavy atom. The zero-order valence-electron chi connectivity index (χ0n) is 10.7. The van der Waals surface area contributed by atoms with E-state index in [-0.39, 0.29) is 0 Å². The number of anilines is 1. The Bertz CT molecular complexity index is 718. The molecule has 0 amide bonds. The smallest absolute Gasteiger partial charge is 0.314 e. The van der Waals surface area contributed by atoms with Crippen LogP contribution in [-0.2, 0) is 0 Å². The highest BCUT2D eigenvalue weighted by molar-refractivity contribution is 5.78. The van der Waals surface area contributed by atoms with Crippen molar-refractivity contribution in [1.29, 1.82) is 0 Å². The minimum atomic E-state index is -0.620. The Kier molecular flexibility index (Phi) is 2.87. The lowest BCUT2D eigenvalue weighted by atomic mass is 10.2. The van der Waals surface area contributed by atoms with Gasteiger partial charge < -0.3 is 20.2 Å². The summed E-state index contributed by atoms with van der Waals surface area (Å²) in [7, 11) is 2.10. The van der Waals surface area contributed by atoms with Gasteiger partial charge in [0.25, 0.3) is 0 Å². The second-order valence-corrected chi connectivity index (χ2v) is 5.06. The van der Waals surface area contributed by atoms with E-state index in [1.165, 1.54) is 0 Å². The number of nitrogens with zero attached hydrogens (tertiary/aromatic N) is 1. The van der Waals surface area contributed by atoms with Crippen molar-refractivity contribution in [2.24, 2.45) is 0 Å². The van der Waals surface area contributed by atoms with Gasteiger partial charge in [-0.05, 0) is 38.2 Å². The molecule has 3 rings (SSSR count). The molecule has 2 heterocycles. The maximum absolute atomic E-state index is 11.3. The molecule has 0 bridgehead atoms. The molecule has 1 aliphatic heterocycles. The van der Waals surface area contributed by atoms with Crippen molar-refractivity contribution in [3.05, 3.63) is 38.9 Å². The number of rotatable bonds is 2. The maximum Gasteiger partial charge on any atom is 0.314 e. The molecule has 2 aromatic rings. The van der Waals surface area contributed by atoms with Crippen LogP contribution in [0.4, 0.5) is 5.69 Å². The highest BCUT2D eigenvalue weighted by Crippen LogP contribution is 2.17. The highest BCUT2D eigenvalue weighted by atomic mass is 16.2. The summed E-state index contributed by atoms with van der Waals surface area (Å²) < 4.78 is 0. The molecule has 1 fully saturated rings. The van der Waals surface area contributed by atoms with Gasteiger partial charge in [0, 0.05) is 18.3 Å². The molecule has 1 aromatic carbocycles. The summed E-state index contributed by atoms with van der Waals surface area (Å²) in [5.41, 5.74) is 0.992. The number of likely N-dealkylation sites (tertiary alicyclic amines) is 1. The lowest BCUT2D eigenvalue weighted by Gasteiger charge is -2.14. The quantitative estimate of drug-likeness (QED) is 0.680. The Balaban J connectivity index is 1.91. The van der Waals surface area contributed by atoms with Gasteiger partial charge in [0.2, 0.25) is 0 Å². The summed E-state index contributed by atoms with van der Waals surface area (Å²) >= 11 is 0. The lowest BCUT2D eigenvalue weighted by molar-refractivity contribution is 0.414. The zero-order valence-corrected chi connectivity index (χ0v) is 10.7. The number of H-pyrrole nitrogens is 2. The van der Waals surface area contributed by atoms with Crippen LogP contribution < -0.4 is 16.4 Å². The molecule has 1 saturated heterocycles. The second kappa shape index (κ2) is 4.55. The van der Waals surface area contributed by atoms with Gasteiger partial charge in [-0.15, -0.1) is 0 Å². The van der Waals surface area contributed by atoms with E-state index in [0.717, 1.165) is 25.2 Å². The van der Waals surface area contributed by atoms with Crippen molar-refractivity contribution in [3.63, 3.8) is 0 Å². The summed E-state index contributed by atoms with van der Waals surface area (Å²) in [5.74, 6) is 0. The summed E-state index contributed by atoms with van der Waals surface area (Å²) in [6.07, 6.45) is 1.11. The van der Waals surface area contributed by atoms with Gasteiger partial charge >= 0.3 is 11.1 Å². The van der Waals surface area contributed by atoms with Crippen LogP contribution in [-0.4, -0.2) is 41.0 Å². The van der Waals surface area contributed by atoms with Crippen molar-refractivity contribution in [2.45, 2.75) is 12.5 Å². The van der Waals surface area contributed by atoms with E-state index < -0.39 is 11.1 Å². The summed E-state index contributed by atoms with van der Waals surface area (Å²) in [5, 5.41) is 3.44. The van der Waals surface area contributed by atoms with Crippen LogP contribution in [0.5, 0.6) is 0 Å². The minimum absolute atomic E-state index is 0.428. The predicted octanol–water partition coefficient (Wildman–Crippen LogP) is 0.332. The minimum Gasteiger partial charge on any atom is -0.381 e. The van der Waals surface area contributed by atoms with E-state index in [2.05, 4.69) is 27.2 Å². The third-order valence-corrected chi connectivity index (χ3v) is 3.48. The number of likely N-dealkylation sites (N-methyl/N-ethyl adjacent to an activating group) is 1. The van der Waals surface area contributed by atoms with Crippen LogP contribution in [0, 0.1) is 0 Å². The van der Waals surface area contributed by atoms with Gasteiger partial charge in [-0.25, -0.2) is 0 Å². The van der Waals surface area contributed by atoms with E-state index in [0.29, 0.717) is 17.1 Å².